The molecular weight excluding hydrogens is 286 g/mol. The van der Waals surface area contributed by atoms with Gasteiger partial charge in [0.15, 0.2) is 0 Å². The van der Waals surface area contributed by atoms with Crippen LogP contribution in [0, 0.1) is 0 Å². The third-order valence-electron chi connectivity index (χ3n) is 2.95. The van der Waals surface area contributed by atoms with Gasteiger partial charge in [0.2, 0.25) is 0 Å². The van der Waals surface area contributed by atoms with Crippen LogP contribution in [0.3, 0.4) is 0 Å². The first-order valence-electron chi connectivity index (χ1n) is 5.36. The van der Waals surface area contributed by atoms with Crippen molar-refractivity contribution in [3.63, 3.8) is 0 Å². The lowest BCUT2D eigenvalue weighted by Gasteiger charge is -2.22. The average Bonchev–Trinajstić information content (AvgIpc) is 2.58. The predicted molar refractivity (Wildman–Crippen MR) is 65.7 cm³/mol. The van der Waals surface area contributed by atoms with Gasteiger partial charge in [0, 0.05) is 16.6 Å². The topological polar surface area (TPSA) is 57.6 Å². The Hall–Kier alpha value is -1.36. The largest absolute Gasteiger partial charge is 0.480 e. The van der Waals surface area contributed by atoms with Gasteiger partial charge in [-0.1, -0.05) is 28.9 Å². The molecule has 5 heteroatoms. The van der Waals surface area contributed by atoms with Crippen molar-refractivity contribution in [1.82, 2.24) is 4.90 Å². The number of halogens is 1. The third-order valence-corrected chi connectivity index (χ3v) is 3.45. The Morgan fingerprint density at radius 2 is 2.29 bits per heavy atom. The molecule has 90 valence electrons. The quantitative estimate of drug-likeness (QED) is 0.931. The highest BCUT2D eigenvalue weighted by Crippen LogP contribution is 2.28. The second-order valence-electron chi connectivity index (χ2n) is 4.00. The smallest absolute Gasteiger partial charge is 0.326 e. The Morgan fingerprint density at radius 3 is 2.88 bits per heavy atom. The summed E-state index contributed by atoms with van der Waals surface area (Å²) in [6.07, 6.45) is 0.413. The normalized spacial score (nSPS) is 15.9. The fourth-order valence-corrected chi connectivity index (χ4v) is 2.44. The van der Waals surface area contributed by atoms with E-state index in [0.29, 0.717) is 18.5 Å². The van der Waals surface area contributed by atoms with Gasteiger partial charge in [-0.2, -0.15) is 0 Å². The molecule has 1 unspecified atom stereocenters. The number of carbonyl (C=O) groups excluding carboxylic acids is 1. The van der Waals surface area contributed by atoms with E-state index in [2.05, 4.69) is 15.9 Å². The van der Waals surface area contributed by atoms with Crippen molar-refractivity contribution in [2.75, 3.05) is 0 Å². The van der Waals surface area contributed by atoms with Crippen LogP contribution >= 0.6 is 15.9 Å². The molecule has 2 rings (SSSR count). The van der Waals surface area contributed by atoms with E-state index in [1.54, 1.807) is 13.0 Å². The first-order chi connectivity index (χ1) is 8.04. The van der Waals surface area contributed by atoms with E-state index in [0.717, 1.165) is 10.0 Å². The maximum atomic E-state index is 12.1. The molecule has 0 aliphatic carbocycles. The van der Waals surface area contributed by atoms with Gasteiger partial charge >= 0.3 is 5.97 Å². The third kappa shape index (κ3) is 2.07. The van der Waals surface area contributed by atoms with Crippen LogP contribution in [-0.4, -0.2) is 27.9 Å². The van der Waals surface area contributed by atoms with Crippen molar-refractivity contribution >= 4 is 27.8 Å². The van der Waals surface area contributed by atoms with Crippen molar-refractivity contribution in [1.29, 1.82) is 0 Å². The molecule has 0 saturated carbocycles. The highest BCUT2D eigenvalue weighted by molar-refractivity contribution is 9.10. The lowest BCUT2D eigenvalue weighted by Crippen LogP contribution is -2.40. The lowest BCUT2D eigenvalue weighted by molar-refractivity contribution is -0.142. The Bertz CT molecular complexity index is 487. The minimum absolute atomic E-state index is 0.199. The van der Waals surface area contributed by atoms with Crippen LogP contribution in [0.4, 0.5) is 0 Å². The molecule has 0 aromatic heterocycles. The Morgan fingerprint density at radius 1 is 1.59 bits per heavy atom. The van der Waals surface area contributed by atoms with Crippen molar-refractivity contribution in [3.8, 4) is 0 Å². The molecule has 0 bridgehead atoms. The lowest BCUT2D eigenvalue weighted by atomic mass is 10.1. The number of hydrogen-bond acceptors (Lipinski definition) is 2. The number of benzene rings is 1. The molecule has 0 radical (unpaired) electrons. The van der Waals surface area contributed by atoms with Crippen molar-refractivity contribution in [2.45, 2.75) is 25.9 Å². The first kappa shape index (κ1) is 12.1. The summed E-state index contributed by atoms with van der Waals surface area (Å²) in [7, 11) is 0. The monoisotopic (exact) mass is 297 g/mol. The number of nitrogens with zero attached hydrogens (tertiary/aromatic N) is 1. The molecule has 1 aromatic carbocycles. The summed E-state index contributed by atoms with van der Waals surface area (Å²) in [5.74, 6) is -1.15. The first-order valence-corrected chi connectivity index (χ1v) is 6.16. The van der Waals surface area contributed by atoms with Gasteiger partial charge in [-0.15, -0.1) is 0 Å². The standard InChI is InChI=1S/C12H12BrNO3/c1-2-10(12(16)17)14-6-7-3-4-8(13)5-9(7)11(14)15/h3-5,10H,2,6H2,1H3,(H,16,17). The molecular formula is C12H12BrNO3. The second kappa shape index (κ2) is 4.49. The Labute approximate surface area is 107 Å². The van der Waals surface area contributed by atoms with E-state index in [9.17, 15) is 9.59 Å². The molecule has 1 N–H and O–H groups in total. The van der Waals surface area contributed by atoms with Crippen molar-refractivity contribution < 1.29 is 14.7 Å². The highest BCUT2D eigenvalue weighted by Gasteiger charge is 2.35. The fourth-order valence-electron chi connectivity index (χ4n) is 2.08. The van der Waals surface area contributed by atoms with E-state index in [1.165, 1.54) is 4.90 Å². The van der Waals surface area contributed by atoms with Crippen molar-refractivity contribution in [2.24, 2.45) is 0 Å². The summed E-state index contributed by atoms with van der Waals surface area (Å²) in [5, 5.41) is 9.08. The molecule has 4 nitrogen and oxygen atoms in total. The SMILES string of the molecule is CCC(C(=O)O)N1Cc2ccc(Br)cc2C1=O. The van der Waals surface area contributed by atoms with Crippen molar-refractivity contribution in [3.05, 3.63) is 33.8 Å². The van der Waals surface area contributed by atoms with Gasteiger partial charge in [-0.25, -0.2) is 4.79 Å². The van der Waals surface area contributed by atoms with Crippen LogP contribution in [0.25, 0.3) is 0 Å². The van der Waals surface area contributed by atoms with E-state index in [1.807, 2.05) is 12.1 Å². The zero-order chi connectivity index (χ0) is 12.6. The molecule has 1 aromatic rings. The number of carbonyl (C=O) groups is 2. The minimum atomic E-state index is -0.951. The van der Waals surface area contributed by atoms with E-state index < -0.39 is 12.0 Å². The molecule has 1 atom stereocenters. The van der Waals surface area contributed by atoms with Gasteiger partial charge < -0.3 is 10.0 Å². The number of aliphatic carboxylic acids is 1. The van der Waals surface area contributed by atoms with Gasteiger partial charge in [-0.3, -0.25) is 4.79 Å². The molecule has 1 heterocycles. The van der Waals surface area contributed by atoms with Gasteiger partial charge in [0.1, 0.15) is 6.04 Å². The van der Waals surface area contributed by atoms with Crippen LogP contribution in [0.1, 0.15) is 29.3 Å². The van der Waals surface area contributed by atoms with Crippen LogP contribution in [0.2, 0.25) is 0 Å². The maximum Gasteiger partial charge on any atom is 0.326 e. The molecule has 1 aliphatic heterocycles. The molecule has 1 amide bonds. The maximum absolute atomic E-state index is 12.1. The van der Waals surface area contributed by atoms with Crippen LogP contribution in [-0.2, 0) is 11.3 Å². The number of carboxylic acid groups (broad SMARTS) is 1. The molecule has 17 heavy (non-hydrogen) atoms. The van der Waals surface area contributed by atoms with E-state index in [4.69, 9.17) is 5.11 Å². The molecule has 0 spiro atoms. The zero-order valence-electron chi connectivity index (χ0n) is 9.31. The van der Waals surface area contributed by atoms with Crippen LogP contribution in [0.5, 0.6) is 0 Å². The highest BCUT2D eigenvalue weighted by atomic mass is 79.9. The second-order valence-corrected chi connectivity index (χ2v) is 4.91. The number of rotatable bonds is 3. The number of amides is 1. The summed E-state index contributed by atoms with van der Waals surface area (Å²) in [6.45, 7) is 2.15. The summed E-state index contributed by atoms with van der Waals surface area (Å²) >= 11 is 3.31. The molecule has 1 aliphatic rings. The molecule has 0 saturated heterocycles. The predicted octanol–water partition coefficient (Wildman–Crippen LogP) is 2.27. The average molecular weight is 298 g/mol. The van der Waals surface area contributed by atoms with Crippen LogP contribution in [0.15, 0.2) is 22.7 Å². The minimum Gasteiger partial charge on any atom is -0.480 e. The summed E-state index contributed by atoms with van der Waals surface area (Å²) < 4.78 is 0.829. The summed E-state index contributed by atoms with van der Waals surface area (Å²) in [4.78, 5) is 24.6. The molecule has 0 fully saturated rings. The summed E-state index contributed by atoms with van der Waals surface area (Å²) in [5.41, 5.74) is 1.48. The number of carboxylic acids is 1. The number of fused-ring (bicyclic) bond motifs is 1. The van der Waals surface area contributed by atoms with E-state index in [-0.39, 0.29) is 5.91 Å². The van der Waals surface area contributed by atoms with Gasteiger partial charge in [0.25, 0.3) is 5.91 Å². The summed E-state index contributed by atoms with van der Waals surface area (Å²) in [6, 6.07) is 4.71. The fraction of sp³-hybridized carbons (Fsp3) is 0.333. The number of hydrogen-bond donors (Lipinski definition) is 1. The zero-order valence-corrected chi connectivity index (χ0v) is 10.9. The Kier molecular flexibility index (Phi) is 3.19. The van der Waals surface area contributed by atoms with Gasteiger partial charge in [-0.05, 0) is 24.1 Å². The van der Waals surface area contributed by atoms with Gasteiger partial charge in [0.05, 0.1) is 0 Å². The van der Waals surface area contributed by atoms with E-state index >= 15 is 0 Å². The Balaban J connectivity index is 2.34. The van der Waals surface area contributed by atoms with Crippen LogP contribution < -0.4 is 0 Å².